The summed E-state index contributed by atoms with van der Waals surface area (Å²) >= 11 is 4.62. The maximum atomic E-state index is 13.7. The summed E-state index contributed by atoms with van der Waals surface area (Å²) in [5.41, 5.74) is 0.244. The lowest BCUT2D eigenvalue weighted by molar-refractivity contribution is 0.372. The van der Waals surface area contributed by atoms with Crippen molar-refractivity contribution in [1.82, 2.24) is 0 Å². The van der Waals surface area contributed by atoms with Crippen molar-refractivity contribution in [3.8, 4) is 16.2 Å². The highest BCUT2D eigenvalue weighted by atomic mass is 79.9. The van der Waals surface area contributed by atoms with Crippen molar-refractivity contribution in [2.45, 2.75) is 0 Å². The van der Waals surface area contributed by atoms with Crippen molar-refractivity contribution < 1.29 is 13.5 Å². The largest absolute Gasteiger partial charge is 0.494 e. The van der Waals surface area contributed by atoms with Crippen LogP contribution >= 0.6 is 27.3 Å². The fourth-order valence-electron chi connectivity index (χ4n) is 1.34. The average molecular weight is 305 g/mol. The predicted molar refractivity (Wildman–Crippen MR) is 63.9 cm³/mol. The van der Waals surface area contributed by atoms with Gasteiger partial charge in [0.05, 0.1) is 10.9 Å². The molecule has 16 heavy (non-hydrogen) atoms. The van der Waals surface area contributed by atoms with Crippen LogP contribution in [0.3, 0.4) is 0 Å². The smallest absolute Gasteiger partial charge is 0.201 e. The molecule has 0 amide bonds. The number of methoxy groups -OCH3 is 1. The van der Waals surface area contributed by atoms with E-state index in [0.29, 0.717) is 4.88 Å². The quantitative estimate of drug-likeness (QED) is 0.795. The summed E-state index contributed by atoms with van der Waals surface area (Å²) in [6.07, 6.45) is 0. The minimum absolute atomic E-state index is 0.0862. The molecule has 0 aliphatic carbocycles. The zero-order valence-electron chi connectivity index (χ0n) is 8.26. The van der Waals surface area contributed by atoms with Crippen LogP contribution in [0.25, 0.3) is 10.4 Å². The Labute approximate surface area is 104 Å². The Kier molecular flexibility index (Phi) is 3.25. The van der Waals surface area contributed by atoms with Crippen molar-refractivity contribution in [2.75, 3.05) is 7.11 Å². The molecule has 0 saturated carbocycles. The van der Waals surface area contributed by atoms with Crippen LogP contribution in [0.1, 0.15) is 0 Å². The van der Waals surface area contributed by atoms with E-state index in [1.54, 1.807) is 12.1 Å². The van der Waals surface area contributed by atoms with E-state index in [1.165, 1.54) is 30.6 Å². The van der Waals surface area contributed by atoms with Gasteiger partial charge in [0.1, 0.15) is 0 Å². The van der Waals surface area contributed by atoms with Gasteiger partial charge in [-0.1, -0.05) is 0 Å². The molecule has 0 fully saturated rings. The molecule has 2 aromatic rings. The molecule has 1 aromatic carbocycles. The Morgan fingerprint density at radius 1 is 1.12 bits per heavy atom. The van der Waals surface area contributed by atoms with E-state index in [-0.39, 0.29) is 11.3 Å². The number of thiophene rings is 1. The molecule has 84 valence electrons. The summed E-state index contributed by atoms with van der Waals surface area (Å²) in [5, 5.41) is 0. The van der Waals surface area contributed by atoms with Crippen LogP contribution in [-0.4, -0.2) is 7.11 Å². The van der Waals surface area contributed by atoms with Gasteiger partial charge in [-0.3, -0.25) is 0 Å². The zero-order chi connectivity index (χ0) is 11.7. The SMILES string of the molecule is COc1ccc(-c2ccc(Br)s2)c(F)c1F. The molecule has 0 atom stereocenters. The van der Waals surface area contributed by atoms with E-state index >= 15 is 0 Å². The normalized spacial score (nSPS) is 10.5. The first-order chi connectivity index (χ1) is 7.63. The van der Waals surface area contributed by atoms with Crippen LogP contribution < -0.4 is 4.74 Å². The molecular formula is C11H7BrF2OS. The van der Waals surface area contributed by atoms with Gasteiger partial charge < -0.3 is 4.74 Å². The molecule has 0 aliphatic rings. The number of benzene rings is 1. The van der Waals surface area contributed by atoms with E-state index in [1.807, 2.05) is 0 Å². The first-order valence-electron chi connectivity index (χ1n) is 4.41. The monoisotopic (exact) mass is 304 g/mol. The van der Waals surface area contributed by atoms with Gasteiger partial charge in [-0.2, -0.15) is 4.39 Å². The van der Waals surface area contributed by atoms with Gasteiger partial charge in [-0.05, 0) is 40.2 Å². The number of halogens is 3. The van der Waals surface area contributed by atoms with E-state index in [4.69, 9.17) is 4.74 Å². The summed E-state index contributed by atoms with van der Waals surface area (Å²) in [6, 6.07) is 6.46. The maximum absolute atomic E-state index is 13.7. The third-order valence-corrected chi connectivity index (χ3v) is 3.76. The summed E-state index contributed by atoms with van der Waals surface area (Å²) < 4.78 is 32.7. The lowest BCUT2D eigenvalue weighted by Crippen LogP contribution is -1.93. The van der Waals surface area contributed by atoms with Crippen LogP contribution in [0.2, 0.25) is 0 Å². The molecule has 0 saturated heterocycles. The maximum Gasteiger partial charge on any atom is 0.201 e. The van der Waals surface area contributed by atoms with Crippen molar-refractivity contribution in [3.63, 3.8) is 0 Å². The molecular weight excluding hydrogens is 298 g/mol. The highest BCUT2D eigenvalue weighted by molar-refractivity contribution is 9.11. The lowest BCUT2D eigenvalue weighted by Gasteiger charge is -2.05. The molecule has 1 nitrogen and oxygen atoms in total. The minimum atomic E-state index is -0.954. The van der Waals surface area contributed by atoms with E-state index in [0.717, 1.165) is 3.79 Å². The van der Waals surface area contributed by atoms with Crippen molar-refractivity contribution in [1.29, 1.82) is 0 Å². The summed E-state index contributed by atoms with van der Waals surface area (Å²) in [5.74, 6) is -1.92. The Bertz CT molecular complexity index is 525. The van der Waals surface area contributed by atoms with Gasteiger partial charge in [-0.15, -0.1) is 11.3 Å². The van der Waals surface area contributed by atoms with Crippen LogP contribution in [0, 0.1) is 11.6 Å². The number of hydrogen-bond acceptors (Lipinski definition) is 2. The Hall–Kier alpha value is -0.940. The molecule has 1 aromatic heterocycles. The lowest BCUT2D eigenvalue weighted by atomic mass is 10.1. The van der Waals surface area contributed by atoms with Gasteiger partial charge in [0.2, 0.25) is 5.82 Å². The third kappa shape index (κ3) is 1.97. The molecule has 0 aliphatic heterocycles. The summed E-state index contributed by atoms with van der Waals surface area (Å²) in [7, 11) is 1.30. The van der Waals surface area contributed by atoms with Gasteiger partial charge in [0, 0.05) is 10.4 Å². The molecule has 0 unspecified atom stereocenters. The topological polar surface area (TPSA) is 9.23 Å². The molecule has 5 heteroatoms. The fraction of sp³-hybridized carbons (Fsp3) is 0.0909. The molecule has 0 radical (unpaired) electrons. The van der Waals surface area contributed by atoms with E-state index in [9.17, 15) is 8.78 Å². The molecule has 1 heterocycles. The first kappa shape index (κ1) is 11.5. The summed E-state index contributed by atoms with van der Waals surface area (Å²) in [6.45, 7) is 0. The van der Waals surface area contributed by atoms with Gasteiger partial charge >= 0.3 is 0 Å². The van der Waals surface area contributed by atoms with Gasteiger partial charge in [0.25, 0.3) is 0 Å². The Morgan fingerprint density at radius 3 is 2.44 bits per heavy atom. The van der Waals surface area contributed by atoms with Crippen LogP contribution in [0.4, 0.5) is 8.78 Å². The Morgan fingerprint density at radius 2 is 1.88 bits per heavy atom. The van der Waals surface area contributed by atoms with E-state index in [2.05, 4.69) is 15.9 Å². The minimum Gasteiger partial charge on any atom is -0.494 e. The molecule has 0 bridgehead atoms. The summed E-state index contributed by atoms with van der Waals surface area (Å²) in [4.78, 5) is 0.672. The second-order valence-electron chi connectivity index (χ2n) is 3.05. The van der Waals surface area contributed by atoms with Crippen molar-refractivity contribution in [2.24, 2.45) is 0 Å². The first-order valence-corrected chi connectivity index (χ1v) is 6.02. The van der Waals surface area contributed by atoms with Crippen LogP contribution in [0.15, 0.2) is 28.1 Å². The number of ether oxygens (including phenoxy) is 1. The zero-order valence-corrected chi connectivity index (χ0v) is 10.7. The highest BCUT2D eigenvalue weighted by Gasteiger charge is 2.16. The molecule has 0 spiro atoms. The standard InChI is InChI=1S/C11H7BrF2OS/c1-15-7-3-2-6(10(13)11(7)14)8-4-5-9(12)16-8/h2-5H,1H3. The Balaban J connectivity index is 2.55. The highest BCUT2D eigenvalue weighted by Crippen LogP contribution is 2.35. The molecule has 2 rings (SSSR count). The van der Waals surface area contributed by atoms with E-state index < -0.39 is 11.6 Å². The van der Waals surface area contributed by atoms with Crippen molar-refractivity contribution >= 4 is 27.3 Å². The molecule has 0 N–H and O–H groups in total. The van der Waals surface area contributed by atoms with Crippen LogP contribution in [-0.2, 0) is 0 Å². The second kappa shape index (κ2) is 4.51. The second-order valence-corrected chi connectivity index (χ2v) is 5.51. The number of rotatable bonds is 2. The van der Waals surface area contributed by atoms with Gasteiger partial charge in [0.15, 0.2) is 11.6 Å². The number of hydrogen-bond donors (Lipinski definition) is 0. The van der Waals surface area contributed by atoms with Crippen LogP contribution in [0.5, 0.6) is 5.75 Å². The average Bonchev–Trinajstić information content (AvgIpc) is 2.69. The predicted octanol–water partition coefficient (Wildman–Crippen LogP) is 4.46. The third-order valence-electron chi connectivity index (χ3n) is 2.11. The fourth-order valence-corrected chi connectivity index (χ4v) is 2.74. The van der Waals surface area contributed by atoms with Gasteiger partial charge in [-0.25, -0.2) is 4.39 Å². The van der Waals surface area contributed by atoms with Crippen molar-refractivity contribution in [3.05, 3.63) is 39.7 Å².